The third-order valence-corrected chi connectivity index (χ3v) is 8.87. The normalized spacial score (nSPS) is 52.5. The van der Waals surface area contributed by atoms with Crippen LogP contribution in [-0.2, 0) is 9.47 Å². The molecular weight excluding hydrogens is 300 g/mol. The van der Waals surface area contributed by atoms with E-state index in [4.69, 9.17) is 9.47 Å². The molecule has 0 bridgehead atoms. The van der Waals surface area contributed by atoms with Gasteiger partial charge in [0.05, 0.1) is 19.3 Å². The minimum atomic E-state index is -0.301. The van der Waals surface area contributed by atoms with Crippen molar-refractivity contribution in [2.75, 3.05) is 13.2 Å². The highest BCUT2D eigenvalue weighted by molar-refractivity contribution is 5.26. The summed E-state index contributed by atoms with van der Waals surface area (Å²) in [4.78, 5) is 0. The molecule has 1 N–H and O–H groups in total. The molecule has 4 aliphatic carbocycles. The van der Waals surface area contributed by atoms with Gasteiger partial charge in [-0.2, -0.15) is 0 Å². The van der Waals surface area contributed by atoms with Crippen molar-refractivity contribution >= 4 is 0 Å². The van der Waals surface area contributed by atoms with E-state index in [-0.39, 0.29) is 17.3 Å². The molecule has 0 unspecified atom stereocenters. The Kier molecular flexibility index (Phi) is 3.35. The Balaban J connectivity index is 1.46. The number of rotatable bonds is 0. The Labute approximate surface area is 145 Å². The molecule has 0 radical (unpaired) electrons. The van der Waals surface area contributed by atoms with E-state index in [1.807, 2.05) is 0 Å². The molecular formula is C21H32O3. The molecule has 5 rings (SSSR count). The van der Waals surface area contributed by atoms with Crippen LogP contribution in [0.1, 0.15) is 65.2 Å². The smallest absolute Gasteiger partial charge is 0.172 e. The van der Waals surface area contributed by atoms with E-state index in [0.29, 0.717) is 5.41 Å². The Bertz CT molecular complexity index is 563. The molecule has 1 heterocycles. The zero-order chi connectivity index (χ0) is 16.6. The van der Waals surface area contributed by atoms with Gasteiger partial charge in [-0.1, -0.05) is 25.5 Å². The van der Waals surface area contributed by atoms with Crippen molar-refractivity contribution in [2.24, 2.45) is 28.6 Å². The van der Waals surface area contributed by atoms with Gasteiger partial charge in [0.1, 0.15) is 0 Å². The average molecular weight is 332 g/mol. The Morgan fingerprint density at radius 2 is 1.79 bits per heavy atom. The van der Waals surface area contributed by atoms with Gasteiger partial charge in [0.25, 0.3) is 0 Å². The van der Waals surface area contributed by atoms with Crippen LogP contribution in [-0.4, -0.2) is 30.2 Å². The summed E-state index contributed by atoms with van der Waals surface area (Å²) in [6, 6.07) is 0. The largest absolute Gasteiger partial charge is 0.393 e. The molecule has 6 atom stereocenters. The van der Waals surface area contributed by atoms with Crippen molar-refractivity contribution in [3.8, 4) is 0 Å². The highest BCUT2D eigenvalue weighted by atomic mass is 16.7. The lowest BCUT2D eigenvalue weighted by Gasteiger charge is -2.58. The summed E-state index contributed by atoms with van der Waals surface area (Å²) < 4.78 is 12.0. The Morgan fingerprint density at radius 1 is 1.00 bits per heavy atom. The maximum Gasteiger partial charge on any atom is 0.172 e. The summed E-state index contributed by atoms with van der Waals surface area (Å²) in [5.41, 5.74) is 2.12. The van der Waals surface area contributed by atoms with Crippen LogP contribution < -0.4 is 0 Å². The van der Waals surface area contributed by atoms with Crippen LogP contribution in [0.5, 0.6) is 0 Å². The summed E-state index contributed by atoms with van der Waals surface area (Å²) in [7, 11) is 0. The maximum absolute atomic E-state index is 10.6. The van der Waals surface area contributed by atoms with E-state index in [0.717, 1.165) is 50.2 Å². The zero-order valence-electron chi connectivity index (χ0n) is 15.2. The van der Waals surface area contributed by atoms with Crippen LogP contribution in [0.2, 0.25) is 0 Å². The van der Waals surface area contributed by atoms with E-state index >= 15 is 0 Å². The van der Waals surface area contributed by atoms with E-state index in [1.165, 1.54) is 32.1 Å². The van der Waals surface area contributed by atoms with Crippen molar-refractivity contribution in [2.45, 2.75) is 77.1 Å². The fourth-order valence-electron chi connectivity index (χ4n) is 7.32. The van der Waals surface area contributed by atoms with E-state index < -0.39 is 0 Å². The molecule has 1 saturated heterocycles. The second-order valence-electron chi connectivity index (χ2n) is 9.68. The molecule has 0 amide bonds. The van der Waals surface area contributed by atoms with Crippen molar-refractivity contribution < 1.29 is 14.6 Å². The zero-order valence-corrected chi connectivity index (χ0v) is 15.2. The highest BCUT2D eigenvalue weighted by Crippen LogP contribution is 2.65. The van der Waals surface area contributed by atoms with Crippen molar-refractivity contribution in [1.82, 2.24) is 0 Å². The lowest BCUT2D eigenvalue weighted by Crippen LogP contribution is -2.52. The molecule has 4 fully saturated rings. The van der Waals surface area contributed by atoms with Gasteiger partial charge in [-0.3, -0.25) is 0 Å². The Morgan fingerprint density at radius 3 is 2.58 bits per heavy atom. The van der Waals surface area contributed by atoms with Crippen LogP contribution >= 0.6 is 0 Å². The topological polar surface area (TPSA) is 38.7 Å². The van der Waals surface area contributed by atoms with Crippen LogP contribution in [0.15, 0.2) is 11.6 Å². The first kappa shape index (κ1) is 15.8. The lowest BCUT2D eigenvalue weighted by atomic mass is 9.47. The first-order valence-corrected chi connectivity index (χ1v) is 10.1. The first-order valence-electron chi connectivity index (χ1n) is 10.1. The van der Waals surface area contributed by atoms with Crippen molar-refractivity contribution in [1.29, 1.82) is 0 Å². The first-order chi connectivity index (χ1) is 11.5. The van der Waals surface area contributed by atoms with Crippen LogP contribution in [0, 0.1) is 28.6 Å². The number of hydrogen-bond acceptors (Lipinski definition) is 3. The molecule has 3 saturated carbocycles. The maximum atomic E-state index is 10.6. The monoisotopic (exact) mass is 332 g/mol. The fraction of sp³-hybridized carbons (Fsp3) is 0.905. The van der Waals surface area contributed by atoms with Gasteiger partial charge >= 0.3 is 0 Å². The molecule has 5 aliphatic rings. The number of fused-ring (bicyclic) bond motifs is 5. The van der Waals surface area contributed by atoms with Gasteiger partial charge in [-0.25, -0.2) is 0 Å². The summed E-state index contributed by atoms with van der Waals surface area (Å²) in [5.74, 6) is 1.98. The van der Waals surface area contributed by atoms with Crippen LogP contribution in [0.25, 0.3) is 0 Å². The van der Waals surface area contributed by atoms with Gasteiger partial charge in [0.2, 0.25) is 0 Å². The number of aliphatic hydroxyl groups is 1. The SMILES string of the molecule is C[C@@]12CC[C@H]3[C@@H](CC=C4CC5(CC[C@@]43C)OCCO5)[C@H]1CC[C@@H]2O. The molecule has 1 spiro atoms. The third kappa shape index (κ3) is 1.95. The number of hydrogen-bond donors (Lipinski definition) is 1. The lowest BCUT2D eigenvalue weighted by molar-refractivity contribution is -0.185. The summed E-state index contributed by atoms with van der Waals surface area (Å²) in [6.07, 6.45) is 11.7. The van der Waals surface area contributed by atoms with E-state index in [2.05, 4.69) is 19.9 Å². The predicted octanol–water partition coefficient (Wildman–Crippen LogP) is 4.05. The molecule has 3 nitrogen and oxygen atoms in total. The number of allylic oxidation sites excluding steroid dienone is 1. The Hall–Kier alpha value is -0.380. The second kappa shape index (κ2) is 5.08. The molecule has 0 aromatic heterocycles. The van der Waals surface area contributed by atoms with Gasteiger partial charge in [-0.05, 0) is 67.1 Å². The molecule has 0 aromatic rings. The average Bonchev–Trinajstić information content (AvgIpc) is 3.14. The van der Waals surface area contributed by atoms with Gasteiger partial charge in [0.15, 0.2) is 5.79 Å². The molecule has 24 heavy (non-hydrogen) atoms. The molecule has 3 heteroatoms. The summed E-state index contributed by atoms with van der Waals surface area (Å²) in [6.45, 7) is 6.40. The highest BCUT2D eigenvalue weighted by Gasteiger charge is 2.60. The van der Waals surface area contributed by atoms with Crippen molar-refractivity contribution in [3.63, 3.8) is 0 Å². The predicted molar refractivity (Wildman–Crippen MR) is 92.3 cm³/mol. The number of aliphatic hydroxyl groups excluding tert-OH is 1. The van der Waals surface area contributed by atoms with Crippen LogP contribution in [0.4, 0.5) is 0 Å². The van der Waals surface area contributed by atoms with Gasteiger partial charge < -0.3 is 14.6 Å². The fourth-order valence-corrected chi connectivity index (χ4v) is 7.32. The summed E-state index contributed by atoms with van der Waals surface area (Å²) in [5, 5.41) is 10.6. The molecule has 0 aromatic carbocycles. The van der Waals surface area contributed by atoms with Crippen LogP contribution in [0.3, 0.4) is 0 Å². The second-order valence-corrected chi connectivity index (χ2v) is 9.68. The van der Waals surface area contributed by atoms with Gasteiger partial charge in [-0.15, -0.1) is 0 Å². The minimum Gasteiger partial charge on any atom is -0.393 e. The molecule has 1 aliphatic heterocycles. The standard InChI is InChI=1S/C21H32O3/c1-19-9-10-21(23-11-12-24-21)13-14(19)3-4-15-16-5-6-18(22)20(16,2)8-7-17(15)19/h3,15-18,22H,4-13H2,1-2H3/t15-,16+,17-,18-,19-,20+/m0/s1. The molecule has 134 valence electrons. The third-order valence-electron chi connectivity index (χ3n) is 8.87. The van der Waals surface area contributed by atoms with Gasteiger partial charge in [0, 0.05) is 12.8 Å². The van der Waals surface area contributed by atoms with Crippen molar-refractivity contribution in [3.05, 3.63) is 11.6 Å². The number of ether oxygens (including phenoxy) is 2. The quantitative estimate of drug-likeness (QED) is 0.680. The summed E-state index contributed by atoms with van der Waals surface area (Å²) >= 11 is 0. The van der Waals surface area contributed by atoms with E-state index in [1.54, 1.807) is 5.57 Å². The van der Waals surface area contributed by atoms with E-state index in [9.17, 15) is 5.11 Å². The minimum absolute atomic E-state index is 0.0726.